The molecule has 0 amide bonds. The zero-order valence-electron chi connectivity index (χ0n) is 11.4. The topological polar surface area (TPSA) is 58.6 Å². The molecule has 0 aromatic heterocycles. The molecule has 2 heterocycles. The average Bonchev–Trinajstić information content (AvgIpc) is 2.47. The fourth-order valence-corrected chi connectivity index (χ4v) is 5.77. The van der Waals surface area contributed by atoms with Crippen molar-refractivity contribution in [1.29, 1.82) is 0 Å². The Morgan fingerprint density at radius 3 is 2.74 bits per heavy atom. The van der Waals surface area contributed by atoms with E-state index in [-0.39, 0.29) is 17.4 Å². The maximum atomic E-state index is 12.8. The quantitative estimate of drug-likeness (QED) is 0.813. The molecule has 0 spiro atoms. The molecule has 1 saturated carbocycles. The molecule has 110 valence electrons. The van der Waals surface area contributed by atoms with Crippen LogP contribution in [-0.4, -0.2) is 56.4 Å². The minimum atomic E-state index is -3.16. The van der Waals surface area contributed by atoms with Gasteiger partial charge in [0, 0.05) is 13.1 Å². The van der Waals surface area contributed by atoms with Crippen LogP contribution in [0, 0.1) is 0 Å². The minimum absolute atomic E-state index is 0.0921. The summed E-state index contributed by atoms with van der Waals surface area (Å²) in [6.07, 6.45) is 6.16. The maximum absolute atomic E-state index is 12.8. The highest BCUT2D eigenvalue weighted by Crippen LogP contribution is 2.32. The predicted molar refractivity (Wildman–Crippen MR) is 73.5 cm³/mol. The molecule has 6 heteroatoms. The van der Waals surface area contributed by atoms with E-state index in [2.05, 4.69) is 5.32 Å². The number of hydrogen-bond acceptors (Lipinski definition) is 4. The zero-order valence-corrected chi connectivity index (χ0v) is 12.2. The molecule has 1 aliphatic carbocycles. The van der Waals surface area contributed by atoms with Gasteiger partial charge in [-0.1, -0.05) is 12.8 Å². The Kier molecular flexibility index (Phi) is 4.12. The van der Waals surface area contributed by atoms with Crippen molar-refractivity contribution in [2.75, 3.05) is 26.2 Å². The molecule has 3 aliphatic rings. The van der Waals surface area contributed by atoms with Crippen LogP contribution in [0.3, 0.4) is 0 Å². The Morgan fingerprint density at radius 2 is 1.95 bits per heavy atom. The predicted octanol–water partition coefficient (Wildman–Crippen LogP) is 0.712. The average molecular weight is 288 g/mol. The summed E-state index contributed by atoms with van der Waals surface area (Å²) in [4.78, 5) is 0. The summed E-state index contributed by atoms with van der Waals surface area (Å²) in [7, 11) is -3.16. The third-order valence-corrected chi connectivity index (χ3v) is 7.03. The van der Waals surface area contributed by atoms with Gasteiger partial charge < -0.3 is 10.1 Å². The molecule has 1 N–H and O–H groups in total. The number of ether oxygens (including phenoxy) is 1. The van der Waals surface area contributed by atoms with E-state index in [0.717, 1.165) is 38.6 Å². The second-order valence-corrected chi connectivity index (χ2v) is 8.05. The van der Waals surface area contributed by atoms with Crippen LogP contribution in [0.25, 0.3) is 0 Å². The first-order valence-electron chi connectivity index (χ1n) is 7.52. The van der Waals surface area contributed by atoms with E-state index in [0.29, 0.717) is 19.7 Å². The molecule has 0 bridgehead atoms. The van der Waals surface area contributed by atoms with Crippen molar-refractivity contribution in [3.63, 3.8) is 0 Å². The molecular weight excluding hydrogens is 264 g/mol. The van der Waals surface area contributed by atoms with E-state index < -0.39 is 10.0 Å². The van der Waals surface area contributed by atoms with E-state index in [1.165, 1.54) is 6.42 Å². The Bertz CT molecular complexity index is 404. The van der Waals surface area contributed by atoms with Crippen LogP contribution in [0.4, 0.5) is 0 Å². The van der Waals surface area contributed by atoms with Crippen LogP contribution in [0.15, 0.2) is 0 Å². The zero-order chi connectivity index (χ0) is 13.3. The van der Waals surface area contributed by atoms with Gasteiger partial charge in [-0.05, 0) is 32.2 Å². The number of morpholine rings is 1. The summed E-state index contributed by atoms with van der Waals surface area (Å²) < 4.78 is 33.2. The van der Waals surface area contributed by atoms with Gasteiger partial charge in [0.1, 0.15) is 0 Å². The molecular formula is C13H24N2O3S. The highest BCUT2D eigenvalue weighted by atomic mass is 32.2. The van der Waals surface area contributed by atoms with Crippen LogP contribution in [0.1, 0.15) is 38.5 Å². The minimum Gasteiger partial charge on any atom is -0.375 e. The van der Waals surface area contributed by atoms with Gasteiger partial charge in [-0.15, -0.1) is 0 Å². The molecule has 0 radical (unpaired) electrons. The third-order valence-electron chi connectivity index (χ3n) is 4.68. The smallest absolute Gasteiger partial charge is 0.218 e. The van der Waals surface area contributed by atoms with Gasteiger partial charge in [0.2, 0.25) is 10.0 Å². The molecule has 3 atom stereocenters. The van der Waals surface area contributed by atoms with E-state index in [9.17, 15) is 8.42 Å². The molecule has 0 aromatic rings. The number of hydrogen-bond donors (Lipinski definition) is 1. The van der Waals surface area contributed by atoms with Gasteiger partial charge in [0.15, 0.2) is 0 Å². The van der Waals surface area contributed by atoms with Gasteiger partial charge >= 0.3 is 0 Å². The highest BCUT2D eigenvalue weighted by molar-refractivity contribution is 7.89. The summed E-state index contributed by atoms with van der Waals surface area (Å²) >= 11 is 0. The fourth-order valence-electron chi connectivity index (χ4n) is 3.64. The number of sulfonamides is 1. The van der Waals surface area contributed by atoms with Crippen molar-refractivity contribution in [3.05, 3.63) is 0 Å². The first-order valence-corrected chi connectivity index (χ1v) is 9.03. The number of piperidine rings is 1. The fraction of sp³-hybridized carbons (Fsp3) is 1.00. The maximum Gasteiger partial charge on any atom is 0.218 e. The molecule has 3 fully saturated rings. The molecule has 3 rings (SSSR count). The highest BCUT2D eigenvalue weighted by Gasteiger charge is 2.43. The first kappa shape index (κ1) is 13.8. The second-order valence-electron chi connectivity index (χ2n) is 5.89. The van der Waals surface area contributed by atoms with E-state index >= 15 is 0 Å². The van der Waals surface area contributed by atoms with E-state index in [1.54, 1.807) is 4.31 Å². The van der Waals surface area contributed by atoms with Crippen LogP contribution >= 0.6 is 0 Å². The van der Waals surface area contributed by atoms with E-state index in [4.69, 9.17) is 4.74 Å². The first-order chi connectivity index (χ1) is 9.19. The van der Waals surface area contributed by atoms with Crippen LogP contribution in [-0.2, 0) is 14.8 Å². The lowest BCUT2D eigenvalue weighted by atomic mass is 9.91. The number of nitrogens with one attached hydrogen (secondary N) is 1. The molecule has 0 aromatic carbocycles. The van der Waals surface area contributed by atoms with Crippen LogP contribution in [0.2, 0.25) is 0 Å². The molecule has 3 unspecified atom stereocenters. The van der Waals surface area contributed by atoms with Crippen molar-refractivity contribution in [2.24, 2.45) is 0 Å². The lowest BCUT2D eigenvalue weighted by Gasteiger charge is -2.44. The van der Waals surface area contributed by atoms with Gasteiger partial charge in [0.05, 0.1) is 24.0 Å². The normalized spacial score (nSPS) is 37.8. The largest absolute Gasteiger partial charge is 0.375 e. The number of rotatable bonds is 2. The molecule has 2 aliphatic heterocycles. The summed E-state index contributed by atoms with van der Waals surface area (Å²) in [5.74, 6) is 0. The number of nitrogens with zero attached hydrogens (tertiary/aromatic N) is 1. The SMILES string of the molecule is O=S(=O)(C1CCCNC1)N1CCOC2CCCCC21. The molecule has 19 heavy (non-hydrogen) atoms. The Morgan fingerprint density at radius 1 is 1.11 bits per heavy atom. The summed E-state index contributed by atoms with van der Waals surface area (Å²) in [5.41, 5.74) is 0. The van der Waals surface area contributed by atoms with Gasteiger partial charge in [-0.3, -0.25) is 0 Å². The van der Waals surface area contributed by atoms with Crippen molar-refractivity contribution < 1.29 is 13.2 Å². The Hall–Kier alpha value is -0.170. The molecule has 2 saturated heterocycles. The van der Waals surface area contributed by atoms with Crippen molar-refractivity contribution in [2.45, 2.75) is 55.9 Å². The van der Waals surface area contributed by atoms with Crippen molar-refractivity contribution >= 4 is 10.0 Å². The van der Waals surface area contributed by atoms with E-state index in [1.807, 2.05) is 0 Å². The van der Waals surface area contributed by atoms with Gasteiger partial charge in [0.25, 0.3) is 0 Å². The Labute approximate surface area is 115 Å². The van der Waals surface area contributed by atoms with Crippen molar-refractivity contribution in [1.82, 2.24) is 9.62 Å². The second kappa shape index (κ2) is 5.68. The summed E-state index contributed by atoms with van der Waals surface area (Å²) in [6, 6.07) is 0.0921. The van der Waals surface area contributed by atoms with Crippen molar-refractivity contribution in [3.8, 4) is 0 Å². The van der Waals surface area contributed by atoms with Crippen LogP contribution in [0.5, 0.6) is 0 Å². The Balaban J connectivity index is 1.78. The number of fused-ring (bicyclic) bond motifs is 1. The lowest BCUT2D eigenvalue weighted by molar-refractivity contribution is -0.0589. The third kappa shape index (κ3) is 2.68. The van der Waals surface area contributed by atoms with Gasteiger partial charge in [-0.25, -0.2) is 8.42 Å². The summed E-state index contributed by atoms with van der Waals surface area (Å²) in [5, 5.41) is 2.98. The van der Waals surface area contributed by atoms with Gasteiger partial charge in [-0.2, -0.15) is 4.31 Å². The molecule has 5 nitrogen and oxygen atoms in total. The summed E-state index contributed by atoms with van der Waals surface area (Å²) in [6.45, 7) is 2.65. The van der Waals surface area contributed by atoms with Crippen LogP contribution < -0.4 is 5.32 Å². The monoisotopic (exact) mass is 288 g/mol. The standard InChI is InChI=1S/C13H24N2O3S/c16-19(17,11-4-3-7-14-10-11)15-8-9-18-13-6-2-1-5-12(13)15/h11-14H,1-10H2. The lowest BCUT2D eigenvalue weighted by Crippen LogP contribution is -2.58.